The van der Waals surface area contributed by atoms with Crippen LogP contribution in [0.1, 0.15) is 6.92 Å². The molecule has 27 heavy (non-hydrogen) atoms. The zero-order valence-corrected chi connectivity index (χ0v) is 16.8. The summed E-state index contributed by atoms with van der Waals surface area (Å²) in [5.41, 5.74) is 1.31. The van der Waals surface area contributed by atoms with E-state index < -0.39 is 0 Å². The molecule has 1 N–H and O–H groups in total. The highest BCUT2D eigenvalue weighted by atomic mass is 32.2. The highest BCUT2D eigenvalue weighted by Crippen LogP contribution is 2.26. The van der Waals surface area contributed by atoms with Gasteiger partial charge >= 0.3 is 0 Å². The second-order valence-corrected chi connectivity index (χ2v) is 8.13. The Morgan fingerprint density at radius 2 is 2.04 bits per heavy atom. The van der Waals surface area contributed by atoms with Crippen molar-refractivity contribution in [2.45, 2.75) is 11.3 Å². The van der Waals surface area contributed by atoms with Crippen LogP contribution in [0.4, 0.5) is 10.1 Å². The molecule has 0 saturated heterocycles. The molecule has 0 aliphatic carbocycles. The minimum atomic E-state index is -0.320. The molecule has 3 rings (SSSR count). The van der Waals surface area contributed by atoms with Crippen molar-refractivity contribution in [1.82, 2.24) is 9.78 Å². The Kier molecular flexibility index (Phi) is 6.59. The van der Waals surface area contributed by atoms with Crippen molar-refractivity contribution >= 4 is 46.9 Å². The van der Waals surface area contributed by atoms with Crippen LogP contribution >= 0.6 is 35.3 Å². The number of benzene rings is 2. The predicted molar refractivity (Wildman–Crippen MR) is 109 cm³/mol. The monoisotopic (exact) mass is 421 g/mol. The Labute approximate surface area is 169 Å². The van der Waals surface area contributed by atoms with E-state index in [2.05, 4.69) is 10.4 Å². The van der Waals surface area contributed by atoms with E-state index >= 15 is 0 Å². The van der Waals surface area contributed by atoms with Crippen molar-refractivity contribution < 1.29 is 13.9 Å². The smallest absolute Gasteiger partial charge is 0.234 e. The first-order valence-corrected chi connectivity index (χ1v) is 10.3. The second-order valence-electron chi connectivity index (χ2n) is 5.29. The molecule has 0 unspecified atom stereocenters. The maximum absolute atomic E-state index is 13.1. The quantitative estimate of drug-likeness (QED) is 0.433. The number of nitrogens with zero attached hydrogens (tertiary/aromatic N) is 2. The number of thioether (sulfide) groups is 1. The lowest BCUT2D eigenvalue weighted by Gasteiger charge is -2.10. The van der Waals surface area contributed by atoms with E-state index in [0.29, 0.717) is 32.0 Å². The van der Waals surface area contributed by atoms with Crippen LogP contribution in [0.15, 0.2) is 52.9 Å². The summed E-state index contributed by atoms with van der Waals surface area (Å²) < 4.78 is 21.3. The molecule has 3 aromatic rings. The highest BCUT2D eigenvalue weighted by molar-refractivity contribution is 8.01. The van der Waals surface area contributed by atoms with Gasteiger partial charge in [-0.2, -0.15) is 0 Å². The highest BCUT2D eigenvalue weighted by Gasteiger charge is 2.11. The number of hydrogen-bond donors (Lipinski definition) is 1. The molecule has 5 nitrogen and oxygen atoms in total. The van der Waals surface area contributed by atoms with Gasteiger partial charge in [-0.3, -0.25) is 4.79 Å². The minimum Gasteiger partial charge on any atom is -0.492 e. The lowest BCUT2D eigenvalue weighted by atomic mass is 10.3. The molecule has 1 aromatic heterocycles. The second kappa shape index (κ2) is 9.12. The number of para-hydroxylation sites is 2. The summed E-state index contributed by atoms with van der Waals surface area (Å²) in [6, 6.07) is 13.2. The largest absolute Gasteiger partial charge is 0.492 e. The topological polar surface area (TPSA) is 56.1 Å². The molecule has 0 radical (unpaired) electrons. The van der Waals surface area contributed by atoms with Crippen molar-refractivity contribution in [3.8, 4) is 11.4 Å². The Morgan fingerprint density at radius 1 is 1.30 bits per heavy atom. The SMILES string of the molecule is CCOc1ccccc1NC(=O)CSc1nn(-c2ccc(F)cc2)c(=S)s1. The normalized spacial score (nSPS) is 10.6. The van der Waals surface area contributed by atoms with Gasteiger partial charge in [0.2, 0.25) is 5.91 Å². The maximum Gasteiger partial charge on any atom is 0.234 e. The van der Waals surface area contributed by atoms with Crippen molar-refractivity contribution in [2.75, 3.05) is 17.7 Å². The summed E-state index contributed by atoms with van der Waals surface area (Å²) in [6.07, 6.45) is 0. The predicted octanol–water partition coefficient (Wildman–Crippen LogP) is 4.93. The van der Waals surface area contributed by atoms with E-state index in [-0.39, 0.29) is 17.5 Å². The van der Waals surface area contributed by atoms with E-state index in [0.717, 1.165) is 0 Å². The lowest BCUT2D eigenvalue weighted by Crippen LogP contribution is -2.14. The summed E-state index contributed by atoms with van der Waals surface area (Å²) in [7, 11) is 0. The summed E-state index contributed by atoms with van der Waals surface area (Å²) in [6.45, 7) is 2.41. The van der Waals surface area contributed by atoms with Gasteiger partial charge in [-0.05, 0) is 55.5 Å². The van der Waals surface area contributed by atoms with Gasteiger partial charge in [-0.25, -0.2) is 9.07 Å². The molecular formula is C18H16FN3O2S3. The molecule has 0 saturated carbocycles. The van der Waals surface area contributed by atoms with Crippen LogP contribution in [-0.4, -0.2) is 28.0 Å². The Morgan fingerprint density at radius 3 is 2.78 bits per heavy atom. The number of carbonyl (C=O) groups is 1. The fourth-order valence-electron chi connectivity index (χ4n) is 2.23. The maximum atomic E-state index is 13.1. The molecule has 0 aliphatic rings. The molecule has 0 atom stereocenters. The van der Waals surface area contributed by atoms with Crippen LogP contribution in [0.2, 0.25) is 0 Å². The number of rotatable bonds is 7. The standard InChI is InChI=1S/C18H16FN3O2S3/c1-2-24-15-6-4-3-5-14(15)20-16(23)11-26-17-21-22(18(25)27-17)13-9-7-12(19)8-10-13/h3-10H,2,11H2,1H3,(H,20,23). The van der Waals surface area contributed by atoms with Crippen molar-refractivity contribution in [1.29, 1.82) is 0 Å². The van der Waals surface area contributed by atoms with Gasteiger partial charge in [-0.15, -0.1) is 5.10 Å². The van der Waals surface area contributed by atoms with E-state index in [1.165, 1.54) is 35.2 Å². The van der Waals surface area contributed by atoms with Crippen molar-refractivity contribution in [3.05, 3.63) is 58.3 Å². The van der Waals surface area contributed by atoms with Crippen molar-refractivity contribution in [2.24, 2.45) is 0 Å². The van der Waals surface area contributed by atoms with Crippen molar-refractivity contribution in [3.63, 3.8) is 0 Å². The summed E-state index contributed by atoms with van der Waals surface area (Å²) in [4.78, 5) is 12.3. The molecule has 0 bridgehead atoms. The third-order valence-electron chi connectivity index (χ3n) is 3.39. The molecule has 140 valence electrons. The number of halogens is 1. The first kappa shape index (κ1) is 19.5. The van der Waals surface area contributed by atoms with Crippen LogP contribution in [-0.2, 0) is 4.79 Å². The van der Waals surface area contributed by atoms with E-state index in [1.54, 1.807) is 22.9 Å². The fraction of sp³-hybridized carbons (Fsp3) is 0.167. The van der Waals surface area contributed by atoms with Gasteiger partial charge in [0.25, 0.3) is 0 Å². The van der Waals surface area contributed by atoms with E-state index in [1.807, 2.05) is 25.1 Å². The number of ether oxygens (including phenoxy) is 1. The van der Waals surface area contributed by atoms with Crippen LogP contribution in [0.5, 0.6) is 5.75 Å². The van der Waals surface area contributed by atoms with Gasteiger partial charge in [0.15, 0.2) is 8.29 Å². The summed E-state index contributed by atoms with van der Waals surface area (Å²) >= 11 is 7.91. The number of carbonyl (C=O) groups excluding carboxylic acids is 1. The zero-order valence-electron chi connectivity index (χ0n) is 14.3. The summed E-state index contributed by atoms with van der Waals surface area (Å²) in [5.74, 6) is 0.335. The summed E-state index contributed by atoms with van der Waals surface area (Å²) in [5, 5.41) is 7.25. The van der Waals surface area contributed by atoms with Gasteiger partial charge in [0.05, 0.1) is 23.7 Å². The number of nitrogens with one attached hydrogen (secondary N) is 1. The molecule has 0 spiro atoms. The molecule has 2 aromatic carbocycles. The Bertz CT molecular complexity index is 986. The average molecular weight is 422 g/mol. The first-order valence-electron chi connectivity index (χ1n) is 8.07. The van der Waals surface area contributed by atoms with Crippen LogP contribution in [0.25, 0.3) is 5.69 Å². The molecule has 9 heteroatoms. The Hall–Kier alpha value is -2.23. The third kappa shape index (κ3) is 5.15. The molecular weight excluding hydrogens is 405 g/mol. The van der Waals surface area contributed by atoms with E-state index in [9.17, 15) is 9.18 Å². The van der Waals surface area contributed by atoms with E-state index in [4.69, 9.17) is 17.0 Å². The lowest BCUT2D eigenvalue weighted by molar-refractivity contribution is -0.113. The number of aromatic nitrogens is 2. The zero-order chi connectivity index (χ0) is 19.2. The molecule has 1 amide bonds. The fourth-order valence-corrected chi connectivity index (χ4v) is 4.39. The van der Waals surface area contributed by atoms with Gasteiger partial charge in [0, 0.05) is 0 Å². The molecule has 0 aliphatic heterocycles. The molecule has 0 fully saturated rings. The number of amides is 1. The number of anilines is 1. The van der Waals surface area contributed by atoms with Crippen LogP contribution < -0.4 is 10.1 Å². The van der Waals surface area contributed by atoms with Crippen LogP contribution in [0, 0.1) is 9.77 Å². The molecule has 1 heterocycles. The Balaban J connectivity index is 1.64. The average Bonchev–Trinajstić information content (AvgIpc) is 3.03. The van der Waals surface area contributed by atoms with Gasteiger partial charge < -0.3 is 10.1 Å². The minimum absolute atomic E-state index is 0.165. The number of hydrogen-bond acceptors (Lipinski definition) is 6. The van der Waals surface area contributed by atoms with Crippen LogP contribution in [0.3, 0.4) is 0 Å². The van der Waals surface area contributed by atoms with Gasteiger partial charge in [0.1, 0.15) is 11.6 Å². The first-order chi connectivity index (χ1) is 13.1. The van der Waals surface area contributed by atoms with Gasteiger partial charge in [-0.1, -0.05) is 35.2 Å². The third-order valence-corrected chi connectivity index (χ3v) is 5.75.